The third-order valence-electron chi connectivity index (χ3n) is 3.74. The average Bonchev–Trinajstić information content (AvgIpc) is 2.73. The lowest BCUT2D eigenvalue weighted by atomic mass is 10.0. The summed E-state index contributed by atoms with van der Waals surface area (Å²) in [6.07, 6.45) is 5.29. The van der Waals surface area contributed by atoms with Gasteiger partial charge in [0.2, 0.25) is 0 Å². The molecule has 1 fully saturated rings. The van der Waals surface area contributed by atoms with Crippen molar-refractivity contribution in [2.45, 2.75) is 44.2 Å². The summed E-state index contributed by atoms with van der Waals surface area (Å²) in [6, 6.07) is 6.77. The zero-order valence-corrected chi connectivity index (χ0v) is 13.1. The number of ether oxygens (including phenoxy) is 2. The van der Waals surface area contributed by atoms with E-state index >= 15 is 0 Å². The monoisotopic (exact) mass is 325 g/mol. The molecule has 5 nitrogen and oxygen atoms in total. The van der Waals surface area contributed by atoms with Gasteiger partial charge in [0.15, 0.2) is 12.3 Å². The van der Waals surface area contributed by atoms with E-state index in [9.17, 15) is 9.59 Å². The minimum absolute atomic E-state index is 0.133. The predicted molar refractivity (Wildman–Crippen MR) is 82.7 cm³/mol. The number of hydrogen-bond acceptors (Lipinski definition) is 4. The molecule has 2 rings (SSSR count). The van der Waals surface area contributed by atoms with Crippen LogP contribution in [0.25, 0.3) is 0 Å². The molecule has 1 aromatic carbocycles. The van der Waals surface area contributed by atoms with E-state index in [0.29, 0.717) is 30.1 Å². The molecular weight excluding hydrogens is 306 g/mol. The molecule has 0 atom stereocenters. The molecule has 6 heteroatoms. The SMILES string of the molecule is O=COC1(NC(=O)COc2ccc(Cl)cc2)CCCCCC1. The Kier molecular flexibility index (Phi) is 6.07. The van der Waals surface area contributed by atoms with Gasteiger partial charge in [0.25, 0.3) is 12.4 Å². The van der Waals surface area contributed by atoms with Crippen LogP contribution in [0.15, 0.2) is 24.3 Å². The highest BCUT2D eigenvalue weighted by atomic mass is 35.5. The Hall–Kier alpha value is -1.75. The Morgan fingerprint density at radius 1 is 1.18 bits per heavy atom. The van der Waals surface area contributed by atoms with Gasteiger partial charge >= 0.3 is 0 Å². The van der Waals surface area contributed by atoms with Gasteiger partial charge in [-0.2, -0.15) is 0 Å². The summed E-state index contributed by atoms with van der Waals surface area (Å²) in [5.41, 5.74) is -0.890. The molecule has 0 radical (unpaired) electrons. The van der Waals surface area contributed by atoms with E-state index in [0.717, 1.165) is 25.7 Å². The number of halogens is 1. The second-order valence-electron chi connectivity index (χ2n) is 5.41. The molecule has 0 aliphatic heterocycles. The Bertz CT molecular complexity index is 495. The molecule has 120 valence electrons. The van der Waals surface area contributed by atoms with Crippen LogP contribution in [0.2, 0.25) is 5.02 Å². The van der Waals surface area contributed by atoms with E-state index in [-0.39, 0.29) is 12.5 Å². The van der Waals surface area contributed by atoms with Gasteiger partial charge in [0.05, 0.1) is 0 Å². The maximum absolute atomic E-state index is 12.1. The molecule has 1 aliphatic carbocycles. The van der Waals surface area contributed by atoms with Crippen LogP contribution in [0.1, 0.15) is 38.5 Å². The largest absolute Gasteiger partial charge is 0.484 e. The number of amides is 1. The van der Waals surface area contributed by atoms with Crippen molar-refractivity contribution >= 4 is 24.0 Å². The summed E-state index contributed by atoms with van der Waals surface area (Å²) >= 11 is 5.79. The molecule has 1 aromatic rings. The number of benzene rings is 1. The molecule has 0 saturated heterocycles. The van der Waals surface area contributed by atoms with Gasteiger partial charge in [-0.15, -0.1) is 0 Å². The van der Waals surface area contributed by atoms with Crippen LogP contribution in [0.4, 0.5) is 0 Å². The van der Waals surface area contributed by atoms with E-state index in [4.69, 9.17) is 21.1 Å². The first-order valence-electron chi connectivity index (χ1n) is 7.44. The van der Waals surface area contributed by atoms with E-state index in [1.54, 1.807) is 24.3 Å². The fraction of sp³-hybridized carbons (Fsp3) is 0.500. The molecule has 1 amide bonds. The van der Waals surface area contributed by atoms with Crippen LogP contribution in [0, 0.1) is 0 Å². The Balaban J connectivity index is 1.90. The molecule has 0 aromatic heterocycles. The van der Waals surface area contributed by atoms with Gasteiger partial charge in [-0.1, -0.05) is 24.4 Å². The fourth-order valence-corrected chi connectivity index (χ4v) is 2.76. The van der Waals surface area contributed by atoms with Crippen LogP contribution in [-0.4, -0.2) is 24.7 Å². The Morgan fingerprint density at radius 3 is 2.41 bits per heavy atom. The molecular formula is C16H20ClNO4. The molecule has 0 spiro atoms. The zero-order chi connectivity index (χ0) is 15.8. The van der Waals surface area contributed by atoms with Crippen molar-refractivity contribution in [2.75, 3.05) is 6.61 Å². The highest BCUT2D eigenvalue weighted by Gasteiger charge is 2.34. The van der Waals surface area contributed by atoms with Gasteiger partial charge < -0.3 is 14.8 Å². The average molecular weight is 326 g/mol. The number of carbonyl (C=O) groups is 2. The van der Waals surface area contributed by atoms with Crippen LogP contribution in [-0.2, 0) is 14.3 Å². The zero-order valence-electron chi connectivity index (χ0n) is 12.3. The van der Waals surface area contributed by atoms with Crippen molar-refractivity contribution in [3.63, 3.8) is 0 Å². The van der Waals surface area contributed by atoms with Crippen LogP contribution < -0.4 is 10.1 Å². The standard InChI is InChI=1S/C16H20ClNO4/c17-13-5-7-14(8-6-13)21-11-15(20)18-16(22-12-19)9-3-1-2-4-10-16/h5-8,12H,1-4,9-11H2,(H,18,20). The first kappa shape index (κ1) is 16.6. The van der Waals surface area contributed by atoms with Gasteiger partial charge in [-0.25, -0.2) is 0 Å². The number of carbonyl (C=O) groups excluding carboxylic acids is 2. The van der Waals surface area contributed by atoms with Crippen LogP contribution in [0.3, 0.4) is 0 Å². The van der Waals surface area contributed by atoms with Gasteiger partial charge in [0, 0.05) is 17.9 Å². The predicted octanol–water partition coefficient (Wildman–Crippen LogP) is 3.06. The normalized spacial score (nSPS) is 17.1. The topological polar surface area (TPSA) is 64.6 Å². The minimum atomic E-state index is -0.890. The second-order valence-corrected chi connectivity index (χ2v) is 5.85. The van der Waals surface area contributed by atoms with Gasteiger partial charge in [0.1, 0.15) is 5.75 Å². The number of hydrogen-bond donors (Lipinski definition) is 1. The summed E-state index contributed by atoms with van der Waals surface area (Å²) in [7, 11) is 0. The van der Waals surface area contributed by atoms with E-state index in [1.807, 2.05) is 0 Å². The lowest BCUT2D eigenvalue weighted by molar-refractivity contribution is -0.154. The van der Waals surface area contributed by atoms with E-state index in [2.05, 4.69) is 5.32 Å². The van der Waals surface area contributed by atoms with Crippen molar-refractivity contribution in [3.05, 3.63) is 29.3 Å². The molecule has 22 heavy (non-hydrogen) atoms. The first-order chi connectivity index (χ1) is 10.6. The highest BCUT2D eigenvalue weighted by molar-refractivity contribution is 6.30. The van der Waals surface area contributed by atoms with Crippen molar-refractivity contribution in [3.8, 4) is 5.75 Å². The van der Waals surface area contributed by atoms with Crippen LogP contribution >= 0.6 is 11.6 Å². The summed E-state index contributed by atoms with van der Waals surface area (Å²) in [6.45, 7) is 0.275. The summed E-state index contributed by atoms with van der Waals surface area (Å²) in [5, 5.41) is 3.42. The molecule has 1 N–H and O–H groups in total. The first-order valence-corrected chi connectivity index (χ1v) is 7.82. The molecule has 0 heterocycles. The smallest absolute Gasteiger partial charge is 0.295 e. The lowest BCUT2D eigenvalue weighted by Gasteiger charge is -2.31. The second kappa shape index (κ2) is 8.03. The van der Waals surface area contributed by atoms with Crippen molar-refractivity contribution < 1.29 is 19.1 Å². The molecule has 1 aliphatic rings. The van der Waals surface area contributed by atoms with Crippen molar-refractivity contribution in [1.82, 2.24) is 5.32 Å². The third-order valence-corrected chi connectivity index (χ3v) is 3.99. The lowest BCUT2D eigenvalue weighted by Crippen LogP contribution is -2.51. The van der Waals surface area contributed by atoms with E-state index < -0.39 is 5.72 Å². The number of nitrogens with one attached hydrogen (secondary N) is 1. The molecule has 0 bridgehead atoms. The van der Waals surface area contributed by atoms with Crippen molar-refractivity contribution in [2.24, 2.45) is 0 Å². The molecule has 0 unspecified atom stereocenters. The van der Waals surface area contributed by atoms with E-state index in [1.165, 1.54) is 0 Å². The number of rotatable bonds is 6. The minimum Gasteiger partial charge on any atom is -0.484 e. The maximum Gasteiger partial charge on any atom is 0.295 e. The van der Waals surface area contributed by atoms with Crippen molar-refractivity contribution in [1.29, 1.82) is 0 Å². The summed E-state index contributed by atoms with van der Waals surface area (Å²) in [5.74, 6) is 0.254. The quantitative estimate of drug-likeness (QED) is 0.496. The molecule has 1 saturated carbocycles. The highest BCUT2D eigenvalue weighted by Crippen LogP contribution is 2.27. The third kappa shape index (κ3) is 4.91. The maximum atomic E-state index is 12.1. The van der Waals surface area contributed by atoms with Gasteiger partial charge in [-0.05, 0) is 37.1 Å². The summed E-state index contributed by atoms with van der Waals surface area (Å²) in [4.78, 5) is 22.9. The Labute approximate surface area is 134 Å². The fourth-order valence-electron chi connectivity index (χ4n) is 2.63. The van der Waals surface area contributed by atoms with Gasteiger partial charge in [-0.3, -0.25) is 9.59 Å². The van der Waals surface area contributed by atoms with Crippen LogP contribution in [0.5, 0.6) is 5.75 Å². The Morgan fingerprint density at radius 2 is 1.82 bits per heavy atom. The summed E-state index contributed by atoms with van der Waals surface area (Å²) < 4.78 is 10.6.